The third kappa shape index (κ3) is 3.73. The van der Waals surface area contributed by atoms with Crippen LogP contribution in [-0.4, -0.2) is 26.0 Å². The maximum Gasteiger partial charge on any atom is 0.363 e. The van der Waals surface area contributed by atoms with Crippen LogP contribution < -0.4 is 0 Å². The van der Waals surface area contributed by atoms with Crippen molar-refractivity contribution in [3.8, 4) is 0 Å². The summed E-state index contributed by atoms with van der Waals surface area (Å²) < 4.78 is 0.673. The Bertz CT molecular complexity index is 611. The summed E-state index contributed by atoms with van der Waals surface area (Å²) in [6, 6.07) is 2.89. The first kappa shape index (κ1) is 13.4. The number of aliphatic carboxylic acids is 1. The van der Waals surface area contributed by atoms with E-state index in [1.807, 2.05) is 0 Å². The first-order valence-corrected chi connectivity index (χ1v) is 6.68. The maximum absolute atomic E-state index is 10.5. The van der Waals surface area contributed by atoms with Gasteiger partial charge in [0.1, 0.15) is 0 Å². The predicted molar refractivity (Wildman–Crippen MR) is 68.5 cm³/mol. The number of pyridine rings is 1. The van der Waals surface area contributed by atoms with Crippen LogP contribution in [0.2, 0.25) is 0 Å². The highest BCUT2D eigenvalue weighted by Crippen LogP contribution is 2.30. The molecule has 0 radical (unpaired) electrons. The molecule has 19 heavy (non-hydrogen) atoms. The number of thiazole rings is 1. The van der Waals surface area contributed by atoms with Crippen molar-refractivity contribution in [1.82, 2.24) is 9.97 Å². The lowest BCUT2D eigenvalue weighted by Crippen LogP contribution is -1.99. The Morgan fingerprint density at radius 1 is 1.53 bits per heavy atom. The number of nitrogens with zero attached hydrogens (tertiary/aromatic N) is 3. The van der Waals surface area contributed by atoms with E-state index in [9.17, 15) is 14.9 Å². The van der Waals surface area contributed by atoms with Gasteiger partial charge in [-0.2, -0.15) is 0 Å². The molecule has 0 saturated heterocycles. The van der Waals surface area contributed by atoms with E-state index in [2.05, 4.69) is 9.97 Å². The van der Waals surface area contributed by atoms with Crippen molar-refractivity contribution in [2.24, 2.45) is 0 Å². The smallest absolute Gasteiger partial charge is 0.363 e. The van der Waals surface area contributed by atoms with E-state index in [0.29, 0.717) is 14.9 Å². The lowest BCUT2D eigenvalue weighted by molar-refractivity contribution is -0.389. The minimum Gasteiger partial charge on any atom is -0.481 e. The molecule has 0 bridgehead atoms. The van der Waals surface area contributed by atoms with Gasteiger partial charge in [0.2, 0.25) is 0 Å². The highest BCUT2D eigenvalue weighted by molar-refractivity contribution is 8.01. The molecule has 0 aliphatic carbocycles. The maximum atomic E-state index is 10.5. The summed E-state index contributed by atoms with van der Waals surface area (Å²) in [6.07, 6.45) is 1.27. The fourth-order valence-corrected chi connectivity index (χ4v) is 2.99. The van der Waals surface area contributed by atoms with Gasteiger partial charge in [0, 0.05) is 11.4 Å². The number of aromatic nitrogens is 2. The molecule has 0 spiro atoms. The van der Waals surface area contributed by atoms with E-state index < -0.39 is 10.9 Å². The standard InChI is InChI=1S/C10H7N3O4S2/c14-9(15)3-6-5-18-10(12-6)19-7-1-2-8(11-4-7)13(16)17/h1-2,4-5H,3H2,(H,14,15). The van der Waals surface area contributed by atoms with Crippen molar-refractivity contribution in [3.05, 3.63) is 39.5 Å². The van der Waals surface area contributed by atoms with Crippen LogP contribution in [0.25, 0.3) is 0 Å². The zero-order valence-electron chi connectivity index (χ0n) is 9.35. The van der Waals surface area contributed by atoms with E-state index in [0.717, 1.165) is 0 Å². The molecule has 0 fully saturated rings. The third-order valence-electron chi connectivity index (χ3n) is 1.98. The molecule has 0 unspecified atom stereocenters. The molecule has 2 rings (SSSR count). The average molecular weight is 297 g/mol. The highest BCUT2D eigenvalue weighted by Gasteiger charge is 2.10. The Hall–Kier alpha value is -2.00. The molecule has 0 atom stereocenters. The summed E-state index contributed by atoms with van der Waals surface area (Å²) in [4.78, 5) is 28.9. The molecule has 0 aliphatic rings. The Balaban J connectivity index is 2.06. The van der Waals surface area contributed by atoms with Crippen LogP contribution in [-0.2, 0) is 11.2 Å². The molecule has 1 N–H and O–H groups in total. The fourth-order valence-electron chi connectivity index (χ4n) is 1.21. The van der Waals surface area contributed by atoms with E-state index in [4.69, 9.17) is 5.11 Å². The summed E-state index contributed by atoms with van der Waals surface area (Å²) in [5.74, 6) is -1.14. The number of hydrogen-bond donors (Lipinski definition) is 1. The molecule has 0 aliphatic heterocycles. The predicted octanol–water partition coefficient (Wildman–Crippen LogP) is 2.22. The van der Waals surface area contributed by atoms with Crippen LogP contribution in [0.3, 0.4) is 0 Å². The van der Waals surface area contributed by atoms with Gasteiger partial charge < -0.3 is 15.2 Å². The number of nitro groups is 1. The van der Waals surface area contributed by atoms with Crippen LogP contribution in [0.1, 0.15) is 5.69 Å². The molecule has 98 valence electrons. The Morgan fingerprint density at radius 2 is 2.32 bits per heavy atom. The fraction of sp³-hybridized carbons (Fsp3) is 0.100. The first-order chi connectivity index (χ1) is 9.04. The van der Waals surface area contributed by atoms with Crippen molar-refractivity contribution in [1.29, 1.82) is 0 Å². The lowest BCUT2D eigenvalue weighted by Gasteiger charge is -1.95. The number of carbonyl (C=O) groups is 1. The summed E-state index contributed by atoms with van der Waals surface area (Å²) in [7, 11) is 0. The van der Waals surface area contributed by atoms with E-state index in [1.54, 1.807) is 11.4 Å². The van der Waals surface area contributed by atoms with Gasteiger partial charge >= 0.3 is 11.8 Å². The van der Waals surface area contributed by atoms with Gasteiger partial charge in [-0.1, -0.05) is 11.8 Å². The van der Waals surface area contributed by atoms with Crippen LogP contribution in [0.4, 0.5) is 5.82 Å². The summed E-state index contributed by atoms with van der Waals surface area (Å²) in [6.45, 7) is 0. The van der Waals surface area contributed by atoms with Crippen molar-refractivity contribution >= 4 is 34.9 Å². The topological polar surface area (TPSA) is 106 Å². The van der Waals surface area contributed by atoms with Gasteiger partial charge in [0.05, 0.1) is 17.0 Å². The Labute approximate surface area is 115 Å². The lowest BCUT2D eigenvalue weighted by atomic mass is 10.3. The second-order valence-corrected chi connectivity index (χ2v) is 5.57. The van der Waals surface area contributed by atoms with Gasteiger partial charge in [-0.05, 0) is 16.0 Å². The van der Waals surface area contributed by atoms with Crippen molar-refractivity contribution in [2.45, 2.75) is 15.7 Å². The number of carboxylic acids is 1. The van der Waals surface area contributed by atoms with Crippen molar-refractivity contribution in [2.75, 3.05) is 0 Å². The largest absolute Gasteiger partial charge is 0.481 e. The SMILES string of the molecule is O=C(O)Cc1csc(Sc2ccc([N+](=O)[O-])nc2)n1. The molecule has 2 aromatic rings. The molecule has 0 saturated carbocycles. The second-order valence-electron chi connectivity index (χ2n) is 3.39. The molecule has 7 nitrogen and oxygen atoms in total. The van der Waals surface area contributed by atoms with Gasteiger partial charge in [-0.25, -0.2) is 4.98 Å². The summed E-state index contributed by atoms with van der Waals surface area (Å²) in [5, 5.41) is 20.8. The Morgan fingerprint density at radius 3 is 2.89 bits per heavy atom. The van der Waals surface area contributed by atoms with E-state index in [-0.39, 0.29) is 12.2 Å². The average Bonchev–Trinajstić information content (AvgIpc) is 2.76. The zero-order valence-corrected chi connectivity index (χ0v) is 11.0. The molecule has 2 aromatic heterocycles. The van der Waals surface area contributed by atoms with Crippen molar-refractivity contribution < 1.29 is 14.8 Å². The minimum atomic E-state index is -0.932. The zero-order chi connectivity index (χ0) is 13.8. The van der Waals surface area contributed by atoms with Crippen LogP contribution in [0, 0.1) is 10.1 Å². The summed E-state index contributed by atoms with van der Waals surface area (Å²) >= 11 is 2.61. The number of carboxylic acid groups (broad SMARTS) is 1. The highest BCUT2D eigenvalue weighted by atomic mass is 32.2. The molecule has 9 heteroatoms. The minimum absolute atomic E-state index is 0.116. The van der Waals surface area contributed by atoms with Crippen molar-refractivity contribution in [3.63, 3.8) is 0 Å². The van der Waals surface area contributed by atoms with Gasteiger partial charge in [0.15, 0.2) is 10.5 Å². The van der Waals surface area contributed by atoms with E-state index >= 15 is 0 Å². The Kier molecular flexibility index (Phi) is 4.07. The second kappa shape index (κ2) is 5.76. The third-order valence-corrected chi connectivity index (χ3v) is 3.94. The quantitative estimate of drug-likeness (QED) is 0.666. The molecular formula is C10H7N3O4S2. The molecule has 0 amide bonds. The van der Waals surface area contributed by atoms with Crippen LogP contribution in [0.5, 0.6) is 0 Å². The first-order valence-electron chi connectivity index (χ1n) is 4.99. The molecule has 2 heterocycles. The molecule has 0 aromatic carbocycles. The van der Waals surface area contributed by atoms with E-state index in [1.165, 1.54) is 35.4 Å². The summed E-state index contributed by atoms with van der Waals surface area (Å²) in [5.41, 5.74) is 0.495. The molecular weight excluding hydrogens is 290 g/mol. The van der Waals surface area contributed by atoms with Gasteiger partial charge in [0.25, 0.3) is 0 Å². The van der Waals surface area contributed by atoms with Gasteiger partial charge in [-0.3, -0.25) is 4.79 Å². The normalized spacial score (nSPS) is 10.3. The number of rotatable bonds is 5. The van der Waals surface area contributed by atoms with Crippen LogP contribution >= 0.6 is 23.1 Å². The number of hydrogen-bond acceptors (Lipinski definition) is 7. The van der Waals surface area contributed by atoms with Crippen LogP contribution in [0.15, 0.2) is 32.9 Å². The monoisotopic (exact) mass is 297 g/mol. The van der Waals surface area contributed by atoms with Gasteiger partial charge in [-0.15, -0.1) is 11.3 Å².